The Hall–Kier alpha value is -2.61. The number of ether oxygens (including phenoxy) is 1. The molecule has 1 aromatic heterocycles. The van der Waals surface area contributed by atoms with E-state index in [0.717, 1.165) is 51.8 Å². The molecule has 1 aliphatic carbocycles. The molecule has 1 fully saturated rings. The Balaban J connectivity index is 1.34. The number of halogens is 3. The van der Waals surface area contributed by atoms with E-state index in [-0.39, 0.29) is 25.0 Å². The van der Waals surface area contributed by atoms with Crippen molar-refractivity contribution in [1.82, 2.24) is 15.1 Å². The molecule has 3 unspecified atom stereocenters. The van der Waals surface area contributed by atoms with Crippen LogP contribution in [0.1, 0.15) is 55.9 Å². The number of carbonyl (C=O) groups is 1. The summed E-state index contributed by atoms with van der Waals surface area (Å²) in [6.07, 6.45) is 3.87. The summed E-state index contributed by atoms with van der Waals surface area (Å²) >= 11 is 13.0. The predicted octanol–water partition coefficient (Wildman–Crippen LogP) is 6.78. The maximum Gasteiger partial charge on any atom is 0.342 e. The van der Waals surface area contributed by atoms with Gasteiger partial charge in [0.2, 0.25) is 5.67 Å². The van der Waals surface area contributed by atoms with Gasteiger partial charge in [0.15, 0.2) is 0 Å². The van der Waals surface area contributed by atoms with E-state index in [4.69, 9.17) is 27.9 Å². The number of fused-ring (bicyclic) bond motifs is 2. The lowest BCUT2D eigenvalue weighted by Crippen LogP contribution is -2.52. The third-order valence-electron chi connectivity index (χ3n) is 7.35. The highest BCUT2D eigenvalue weighted by molar-refractivity contribution is 6.34. The molecule has 2 aromatic carbocycles. The predicted molar refractivity (Wildman–Crippen MR) is 144 cm³/mol. The van der Waals surface area contributed by atoms with Gasteiger partial charge in [-0.25, -0.2) is 9.18 Å². The monoisotopic (exact) mass is 545 g/mol. The van der Waals surface area contributed by atoms with E-state index >= 15 is 0 Å². The van der Waals surface area contributed by atoms with Crippen molar-refractivity contribution in [2.75, 3.05) is 13.1 Å². The summed E-state index contributed by atoms with van der Waals surface area (Å²) < 4.78 is 21.3. The number of aromatic nitrogens is 2. The van der Waals surface area contributed by atoms with Gasteiger partial charge in [0.1, 0.15) is 22.5 Å². The lowest BCUT2D eigenvalue weighted by Gasteiger charge is -2.38. The van der Waals surface area contributed by atoms with Crippen LogP contribution in [0.5, 0.6) is 5.75 Å². The molecule has 2 heterocycles. The van der Waals surface area contributed by atoms with Crippen molar-refractivity contribution in [3.63, 3.8) is 0 Å². The minimum absolute atomic E-state index is 0.0213. The maximum atomic E-state index is 14.8. The Morgan fingerprint density at radius 1 is 1.24 bits per heavy atom. The molecule has 0 spiro atoms. The van der Waals surface area contributed by atoms with Crippen LogP contribution in [-0.2, 0) is 11.2 Å². The molecular weight excluding hydrogens is 516 g/mol. The van der Waals surface area contributed by atoms with E-state index in [9.17, 15) is 14.3 Å². The molecule has 6 nitrogen and oxygen atoms in total. The number of nitrogens with one attached hydrogen (secondary N) is 1. The standard InChI is InChI=1S/C28H30Cl2FN3O3/c1-16(2)24(19-7-9-23-22(14-19)25(29)33-32-23)37-21-8-6-17-12-20(5-4-18(17)13-21)26(30)34-11-3-10-28(31,15-34)27(35)36/h6-9,12-14,16,24,26H,3-5,10-11,15H2,1-2H3,(H,32,33)(H,35,36). The van der Waals surface area contributed by atoms with Crippen LogP contribution < -0.4 is 4.74 Å². The average Bonchev–Trinajstić information content (AvgIpc) is 3.26. The normalized spacial score (nSPS) is 21.9. The number of alkyl halides is 2. The SMILES string of the molecule is CC(C)C(Oc1ccc2c(c1)CCC(C(Cl)N1CCCC(F)(C(=O)O)C1)=C2)c1ccc2n[nH]c(Cl)c2c1. The molecule has 1 saturated heterocycles. The topological polar surface area (TPSA) is 78.4 Å². The Morgan fingerprint density at radius 3 is 2.81 bits per heavy atom. The molecule has 2 N–H and O–H groups in total. The van der Waals surface area contributed by atoms with Crippen LogP contribution in [0.2, 0.25) is 5.15 Å². The molecular formula is C28H30Cl2FN3O3. The number of nitrogens with zero attached hydrogens (tertiary/aromatic N) is 2. The van der Waals surface area contributed by atoms with Crippen molar-refractivity contribution < 1.29 is 19.0 Å². The van der Waals surface area contributed by atoms with E-state index in [1.807, 2.05) is 36.4 Å². The molecule has 0 radical (unpaired) electrons. The third kappa shape index (κ3) is 5.22. The van der Waals surface area contributed by atoms with Crippen LogP contribution in [0.3, 0.4) is 0 Å². The van der Waals surface area contributed by atoms with Gasteiger partial charge in [0.25, 0.3) is 0 Å². The van der Waals surface area contributed by atoms with Crippen molar-refractivity contribution >= 4 is 46.2 Å². The summed E-state index contributed by atoms with van der Waals surface area (Å²) in [5.41, 5.74) is 2.25. The van der Waals surface area contributed by atoms with Gasteiger partial charge in [-0.1, -0.05) is 43.7 Å². The molecule has 3 atom stereocenters. The number of rotatable bonds is 7. The minimum Gasteiger partial charge on any atom is -0.485 e. The molecule has 2 aliphatic rings. The largest absolute Gasteiger partial charge is 0.485 e. The van der Waals surface area contributed by atoms with Gasteiger partial charge in [-0.05, 0) is 78.1 Å². The first-order chi connectivity index (χ1) is 17.6. The summed E-state index contributed by atoms with van der Waals surface area (Å²) in [6.45, 7) is 4.63. The summed E-state index contributed by atoms with van der Waals surface area (Å²) in [5.74, 6) is -0.403. The van der Waals surface area contributed by atoms with Crippen LogP contribution in [0.25, 0.3) is 17.0 Å². The lowest BCUT2D eigenvalue weighted by molar-refractivity contribution is -0.154. The number of aliphatic carboxylic acids is 1. The van der Waals surface area contributed by atoms with E-state index in [2.05, 4.69) is 30.1 Å². The summed E-state index contributed by atoms with van der Waals surface area (Å²) in [4.78, 5) is 13.1. The zero-order valence-electron chi connectivity index (χ0n) is 20.8. The van der Waals surface area contributed by atoms with Crippen LogP contribution in [0.4, 0.5) is 4.39 Å². The number of hydrogen-bond donors (Lipinski definition) is 2. The van der Waals surface area contributed by atoms with E-state index in [1.165, 1.54) is 0 Å². The number of hydrogen-bond acceptors (Lipinski definition) is 4. The zero-order valence-corrected chi connectivity index (χ0v) is 22.3. The van der Waals surface area contributed by atoms with Crippen LogP contribution in [0.15, 0.2) is 42.0 Å². The number of aromatic amines is 1. The van der Waals surface area contributed by atoms with Gasteiger partial charge in [0.05, 0.1) is 5.52 Å². The van der Waals surface area contributed by atoms with Gasteiger partial charge in [-0.2, -0.15) is 5.10 Å². The Bertz CT molecular complexity index is 1360. The number of benzene rings is 2. The highest BCUT2D eigenvalue weighted by Gasteiger charge is 2.44. The van der Waals surface area contributed by atoms with Crippen molar-refractivity contribution in [2.45, 2.75) is 56.8 Å². The van der Waals surface area contributed by atoms with E-state index < -0.39 is 17.1 Å². The van der Waals surface area contributed by atoms with Crippen molar-refractivity contribution in [3.8, 4) is 5.75 Å². The van der Waals surface area contributed by atoms with Gasteiger partial charge >= 0.3 is 5.97 Å². The first-order valence-corrected chi connectivity index (χ1v) is 13.4. The number of piperidine rings is 1. The fourth-order valence-corrected chi connectivity index (χ4v) is 5.84. The molecule has 0 amide bonds. The molecule has 196 valence electrons. The summed E-state index contributed by atoms with van der Waals surface area (Å²) in [7, 11) is 0. The molecule has 1 aliphatic heterocycles. The zero-order chi connectivity index (χ0) is 26.3. The Morgan fingerprint density at radius 2 is 2.05 bits per heavy atom. The fourth-order valence-electron chi connectivity index (χ4n) is 5.31. The third-order valence-corrected chi connectivity index (χ3v) is 8.19. The number of likely N-dealkylation sites (tertiary alicyclic amines) is 1. The second kappa shape index (κ2) is 10.3. The smallest absolute Gasteiger partial charge is 0.342 e. The van der Waals surface area contributed by atoms with Crippen molar-refractivity contribution in [2.24, 2.45) is 5.92 Å². The quantitative estimate of drug-likeness (QED) is 0.253. The number of aryl methyl sites for hydroxylation is 1. The minimum atomic E-state index is -2.24. The van der Waals surface area contributed by atoms with Crippen molar-refractivity contribution in [3.05, 3.63) is 63.8 Å². The van der Waals surface area contributed by atoms with Gasteiger partial charge in [0, 0.05) is 18.5 Å². The highest BCUT2D eigenvalue weighted by atomic mass is 35.5. The molecule has 3 aromatic rings. The van der Waals surface area contributed by atoms with Gasteiger partial charge < -0.3 is 9.84 Å². The molecule has 9 heteroatoms. The number of carboxylic acids is 1. The van der Waals surface area contributed by atoms with Crippen molar-refractivity contribution in [1.29, 1.82) is 0 Å². The number of H-pyrrole nitrogens is 1. The molecule has 37 heavy (non-hydrogen) atoms. The average molecular weight is 546 g/mol. The number of carboxylic acid groups (broad SMARTS) is 1. The molecule has 0 saturated carbocycles. The van der Waals surface area contributed by atoms with Crippen LogP contribution in [-0.4, -0.2) is 50.4 Å². The van der Waals surface area contributed by atoms with E-state index in [0.29, 0.717) is 18.1 Å². The van der Waals surface area contributed by atoms with E-state index in [1.54, 1.807) is 4.90 Å². The summed E-state index contributed by atoms with van der Waals surface area (Å²) in [5, 5.41) is 17.7. The van der Waals surface area contributed by atoms with Crippen LogP contribution >= 0.6 is 23.2 Å². The fraction of sp³-hybridized carbons (Fsp3) is 0.429. The molecule has 5 rings (SSSR count). The van der Waals surface area contributed by atoms with Gasteiger partial charge in [-0.3, -0.25) is 10.00 Å². The Kier molecular flexibility index (Phi) is 7.22. The highest BCUT2D eigenvalue weighted by Crippen LogP contribution is 2.37. The first kappa shape index (κ1) is 26.0. The van der Waals surface area contributed by atoms with Gasteiger partial charge in [-0.15, -0.1) is 11.6 Å². The van der Waals surface area contributed by atoms with Crippen LogP contribution in [0, 0.1) is 5.92 Å². The second-order valence-corrected chi connectivity index (χ2v) is 11.1. The maximum absolute atomic E-state index is 14.8. The Labute approximate surface area is 225 Å². The second-order valence-electron chi connectivity index (χ2n) is 10.4. The molecule has 0 bridgehead atoms. The summed E-state index contributed by atoms with van der Waals surface area (Å²) in [6, 6.07) is 12.0. The first-order valence-electron chi connectivity index (χ1n) is 12.6. The lowest BCUT2D eigenvalue weighted by atomic mass is 9.90.